The molecule has 0 radical (unpaired) electrons. The molecule has 0 spiro atoms. The molecule has 0 saturated heterocycles. The number of hydrogen-bond acceptors (Lipinski definition) is 4. The van der Waals surface area contributed by atoms with Crippen molar-refractivity contribution in [1.82, 2.24) is 15.1 Å². The van der Waals surface area contributed by atoms with Gasteiger partial charge in [-0.1, -0.05) is 6.07 Å². The molecule has 0 aliphatic heterocycles. The lowest BCUT2D eigenvalue weighted by Crippen LogP contribution is -2.19. The normalized spacial score (nSPS) is 12.0. The first-order chi connectivity index (χ1) is 9.58. The van der Waals surface area contributed by atoms with Crippen LogP contribution in [-0.4, -0.2) is 29.8 Å². The van der Waals surface area contributed by atoms with E-state index in [1.165, 1.54) is 0 Å². The van der Waals surface area contributed by atoms with Gasteiger partial charge in [0, 0.05) is 24.8 Å². The molecule has 0 aliphatic carbocycles. The highest BCUT2D eigenvalue weighted by Crippen LogP contribution is 2.29. The number of nitrogens with one attached hydrogen (secondary N) is 1. The highest BCUT2D eigenvalue weighted by molar-refractivity contribution is 5.91. The van der Waals surface area contributed by atoms with Crippen molar-refractivity contribution < 1.29 is 9.53 Å². The van der Waals surface area contributed by atoms with Crippen LogP contribution in [0.3, 0.4) is 0 Å². The van der Waals surface area contributed by atoms with Crippen LogP contribution in [0.5, 0.6) is 5.75 Å². The Bertz CT molecular complexity index is 619. The number of aromatic nitrogens is 2. The number of ether oxygens (including phenoxy) is 1. The van der Waals surface area contributed by atoms with E-state index in [0.717, 1.165) is 11.3 Å². The molecular weight excluding hydrogens is 256 g/mol. The molecule has 1 atom stereocenters. The van der Waals surface area contributed by atoms with E-state index >= 15 is 0 Å². The number of benzene rings is 1. The highest BCUT2D eigenvalue weighted by Gasteiger charge is 2.16. The zero-order valence-corrected chi connectivity index (χ0v) is 11.8. The second-order valence-corrected chi connectivity index (χ2v) is 4.41. The van der Waals surface area contributed by atoms with Gasteiger partial charge in [-0.2, -0.15) is 5.10 Å². The Labute approximate surface area is 117 Å². The lowest BCUT2D eigenvalue weighted by Gasteiger charge is -2.16. The average molecular weight is 274 g/mol. The molecule has 0 aliphatic rings. The van der Waals surface area contributed by atoms with Crippen LogP contribution in [-0.2, 0) is 0 Å². The van der Waals surface area contributed by atoms with Gasteiger partial charge in [0.25, 0.3) is 5.91 Å². The molecule has 20 heavy (non-hydrogen) atoms. The summed E-state index contributed by atoms with van der Waals surface area (Å²) >= 11 is 0. The van der Waals surface area contributed by atoms with E-state index in [4.69, 9.17) is 10.5 Å². The van der Waals surface area contributed by atoms with Gasteiger partial charge in [0.2, 0.25) is 0 Å². The molecule has 0 saturated carbocycles. The van der Waals surface area contributed by atoms with Crippen LogP contribution in [0, 0.1) is 0 Å². The number of methoxy groups -OCH3 is 1. The SMILES string of the molecule is CNC(=O)c1ccn(-c2cccc(OC)c2[C@@H](C)N)n1. The topological polar surface area (TPSA) is 82.2 Å². The van der Waals surface area contributed by atoms with Gasteiger partial charge in [-0.05, 0) is 25.1 Å². The van der Waals surface area contributed by atoms with Gasteiger partial charge in [-0.15, -0.1) is 0 Å². The molecule has 1 aromatic heterocycles. The van der Waals surface area contributed by atoms with Crippen molar-refractivity contribution in [2.75, 3.05) is 14.2 Å². The number of rotatable bonds is 4. The third-order valence-electron chi connectivity index (χ3n) is 3.01. The second kappa shape index (κ2) is 5.75. The summed E-state index contributed by atoms with van der Waals surface area (Å²) < 4.78 is 6.97. The Hall–Kier alpha value is -2.34. The molecule has 6 heteroatoms. The van der Waals surface area contributed by atoms with Crippen molar-refractivity contribution in [3.8, 4) is 11.4 Å². The monoisotopic (exact) mass is 274 g/mol. The fourth-order valence-corrected chi connectivity index (χ4v) is 2.08. The average Bonchev–Trinajstić information content (AvgIpc) is 2.95. The first-order valence-corrected chi connectivity index (χ1v) is 6.29. The number of carbonyl (C=O) groups excluding carboxylic acids is 1. The predicted octanol–water partition coefficient (Wildman–Crippen LogP) is 1.26. The molecule has 106 valence electrons. The Morgan fingerprint density at radius 3 is 2.80 bits per heavy atom. The summed E-state index contributed by atoms with van der Waals surface area (Å²) in [6, 6.07) is 7.05. The summed E-state index contributed by atoms with van der Waals surface area (Å²) in [4.78, 5) is 11.6. The zero-order valence-electron chi connectivity index (χ0n) is 11.8. The predicted molar refractivity (Wildman–Crippen MR) is 76.1 cm³/mol. The summed E-state index contributed by atoms with van der Waals surface area (Å²) in [7, 11) is 3.17. The van der Waals surface area contributed by atoms with Gasteiger partial charge in [0.15, 0.2) is 5.69 Å². The van der Waals surface area contributed by atoms with Gasteiger partial charge in [0.05, 0.1) is 12.8 Å². The molecule has 3 N–H and O–H groups in total. The van der Waals surface area contributed by atoms with E-state index in [9.17, 15) is 4.79 Å². The van der Waals surface area contributed by atoms with Crippen LogP contribution in [0.2, 0.25) is 0 Å². The second-order valence-electron chi connectivity index (χ2n) is 4.41. The van der Waals surface area contributed by atoms with Crippen LogP contribution in [0.15, 0.2) is 30.5 Å². The van der Waals surface area contributed by atoms with Gasteiger partial charge >= 0.3 is 0 Å². The van der Waals surface area contributed by atoms with E-state index in [1.54, 1.807) is 31.1 Å². The molecule has 1 aromatic carbocycles. The molecule has 0 fully saturated rings. The van der Waals surface area contributed by atoms with Crippen molar-refractivity contribution in [1.29, 1.82) is 0 Å². The summed E-state index contributed by atoms with van der Waals surface area (Å²) in [5.74, 6) is 0.475. The Morgan fingerprint density at radius 2 is 2.20 bits per heavy atom. The third kappa shape index (κ3) is 2.50. The maximum absolute atomic E-state index is 11.6. The molecule has 2 rings (SSSR count). The summed E-state index contributed by atoms with van der Waals surface area (Å²) in [6.45, 7) is 1.88. The van der Waals surface area contributed by atoms with Crippen molar-refractivity contribution in [2.45, 2.75) is 13.0 Å². The van der Waals surface area contributed by atoms with E-state index < -0.39 is 0 Å². The fourth-order valence-electron chi connectivity index (χ4n) is 2.08. The zero-order chi connectivity index (χ0) is 14.7. The third-order valence-corrected chi connectivity index (χ3v) is 3.01. The van der Waals surface area contributed by atoms with Crippen LogP contribution in [0.4, 0.5) is 0 Å². The van der Waals surface area contributed by atoms with Crippen molar-refractivity contribution in [3.05, 3.63) is 41.7 Å². The lowest BCUT2D eigenvalue weighted by atomic mass is 10.1. The van der Waals surface area contributed by atoms with E-state index in [1.807, 2.05) is 25.1 Å². The van der Waals surface area contributed by atoms with Crippen LogP contribution < -0.4 is 15.8 Å². The maximum Gasteiger partial charge on any atom is 0.271 e. The van der Waals surface area contributed by atoms with Crippen LogP contribution in [0.25, 0.3) is 5.69 Å². The van der Waals surface area contributed by atoms with E-state index in [2.05, 4.69) is 10.4 Å². The highest BCUT2D eigenvalue weighted by atomic mass is 16.5. The molecular formula is C14H18N4O2. The molecule has 6 nitrogen and oxygen atoms in total. The summed E-state index contributed by atoms with van der Waals surface area (Å²) in [5.41, 5.74) is 8.02. The number of nitrogens with zero attached hydrogens (tertiary/aromatic N) is 2. The van der Waals surface area contributed by atoms with Crippen LogP contribution >= 0.6 is 0 Å². The summed E-state index contributed by atoms with van der Waals surface area (Å²) in [5, 5.41) is 6.81. The van der Waals surface area contributed by atoms with Crippen molar-refractivity contribution in [2.24, 2.45) is 5.73 Å². The first kappa shape index (κ1) is 14.1. The minimum absolute atomic E-state index is 0.214. The van der Waals surface area contributed by atoms with Crippen LogP contribution in [0.1, 0.15) is 29.0 Å². The maximum atomic E-state index is 11.6. The molecule has 1 heterocycles. The quantitative estimate of drug-likeness (QED) is 0.879. The largest absolute Gasteiger partial charge is 0.496 e. The van der Waals surface area contributed by atoms with Gasteiger partial charge in [-0.25, -0.2) is 4.68 Å². The minimum atomic E-state index is -0.228. The van der Waals surface area contributed by atoms with Gasteiger partial charge < -0.3 is 15.8 Å². The van der Waals surface area contributed by atoms with E-state index in [0.29, 0.717) is 11.4 Å². The lowest BCUT2D eigenvalue weighted by molar-refractivity contribution is 0.0957. The number of carbonyl (C=O) groups is 1. The number of nitrogens with two attached hydrogens (primary N) is 1. The number of amides is 1. The molecule has 0 unspecified atom stereocenters. The number of hydrogen-bond donors (Lipinski definition) is 2. The van der Waals surface area contributed by atoms with Crippen molar-refractivity contribution in [3.63, 3.8) is 0 Å². The Kier molecular flexibility index (Phi) is 4.05. The fraction of sp³-hybridized carbons (Fsp3) is 0.286. The van der Waals surface area contributed by atoms with Crippen molar-refractivity contribution >= 4 is 5.91 Å². The molecule has 1 amide bonds. The Morgan fingerprint density at radius 1 is 1.45 bits per heavy atom. The van der Waals surface area contributed by atoms with E-state index in [-0.39, 0.29) is 11.9 Å². The summed E-state index contributed by atoms with van der Waals surface area (Å²) in [6.07, 6.45) is 1.73. The standard InChI is InChI=1S/C14H18N4O2/c1-9(15)13-11(5-4-6-12(13)20-3)18-8-7-10(17-18)14(19)16-2/h4-9H,15H2,1-3H3,(H,16,19)/t9-/m1/s1. The smallest absolute Gasteiger partial charge is 0.271 e. The first-order valence-electron chi connectivity index (χ1n) is 6.29. The van der Waals surface area contributed by atoms with Gasteiger partial charge in [0.1, 0.15) is 5.75 Å². The minimum Gasteiger partial charge on any atom is -0.496 e. The Balaban J connectivity index is 2.52. The van der Waals surface area contributed by atoms with Gasteiger partial charge in [-0.3, -0.25) is 4.79 Å². The molecule has 2 aromatic rings. The molecule has 0 bridgehead atoms.